The Morgan fingerprint density at radius 1 is 1.07 bits per heavy atom. The van der Waals surface area contributed by atoms with E-state index in [4.69, 9.17) is 52.1 Å². The number of phosphoric acid groups is 1. The molecule has 0 rings (SSSR count). The van der Waals surface area contributed by atoms with E-state index in [2.05, 4.69) is 0 Å². The van der Waals surface area contributed by atoms with Crippen LogP contribution in [0.15, 0.2) is 0 Å². The Hall–Kier alpha value is -0.530. The van der Waals surface area contributed by atoms with E-state index in [-0.39, 0.29) is 12.4 Å². The summed E-state index contributed by atoms with van der Waals surface area (Å²) in [6, 6.07) is 0. The SMILES string of the molecule is Cl.O=P(O)(O)O.O=S(=O)(O)O.O=[N+]([O-])[O-]. The molecule has 0 aromatic rings. The van der Waals surface area contributed by atoms with Crippen molar-refractivity contribution >= 4 is 30.6 Å². The van der Waals surface area contributed by atoms with Gasteiger partial charge in [-0.15, -0.1) is 12.4 Å². The maximum Gasteiger partial charge on any atom is 0.466 e. The molecule has 15 heteroatoms. The van der Waals surface area contributed by atoms with Crippen LogP contribution in [0.3, 0.4) is 0 Å². The van der Waals surface area contributed by atoms with E-state index in [0.29, 0.717) is 0 Å². The van der Waals surface area contributed by atoms with Gasteiger partial charge in [0, 0.05) is 0 Å². The molecule has 96 valence electrons. The number of nitrogens with zero attached hydrogens (tertiary/aromatic N) is 1. The highest BCUT2D eigenvalue weighted by molar-refractivity contribution is 7.79. The smallest absolute Gasteiger partial charge is 0.356 e. The largest absolute Gasteiger partial charge is 0.466 e. The molecule has 0 aromatic heterocycles. The molecule has 0 aliphatic carbocycles. The lowest BCUT2D eigenvalue weighted by Crippen LogP contribution is -1.89. The van der Waals surface area contributed by atoms with Gasteiger partial charge in [-0.1, -0.05) is 0 Å². The minimum Gasteiger partial charge on any atom is -0.356 e. The summed E-state index contributed by atoms with van der Waals surface area (Å²) < 4.78 is 40.5. The van der Waals surface area contributed by atoms with Crippen LogP contribution < -0.4 is 0 Å². The normalized spacial score (nSPS) is 9.40. The number of hydrogen-bond donors (Lipinski definition) is 5. The van der Waals surface area contributed by atoms with E-state index in [1.54, 1.807) is 0 Å². The van der Waals surface area contributed by atoms with Crippen molar-refractivity contribution in [1.82, 2.24) is 0 Å². The highest BCUT2D eigenvalue weighted by Gasteiger charge is 2.00. The van der Waals surface area contributed by atoms with Crippen molar-refractivity contribution in [1.29, 1.82) is 0 Å². The van der Waals surface area contributed by atoms with Crippen LogP contribution in [0.5, 0.6) is 0 Å². The van der Waals surface area contributed by atoms with Crippen molar-refractivity contribution in [2.24, 2.45) is 0 Å². The fourth-order valence-corrected chi connectivity index (χ4v) is 0. The molecule has 0 unspecified atom stereocenters. The van der Waals surface area contributed by atoms with E-state index in [9.17, 15) is 0 Å². The van der Waals surface area contributed by atoms with Crippen molar-refractivity contribution in [3.8, 4) is 0 Å². The quantitative estimate of drug-likeness (QED) is 0.151. The Kier molecular flexibility index (Phi) is 16.0. The first-order chi connectivity index (χ1) is 5.73. The van der Waals surface area contributed by atoms with Gasteiger partial charge in [0.15, 0.2) is 0 Å². The third-order valence-corrected chi connectivity index (χ3v) is 0. The maximum atomic E-state index is 8.88. The van der Waals surface area contributed by atoms with Gasteiger partial charge in [0.2, 0.25) is 0 Å². The van der Waals surface area contributed by atoms with Crippen molar-refractivity contribution < 1.29 is 41.9 Å². The Morgan fingerprint density at radius 2 is 1.07 bits per heavy atom. The van der Waals surface area contributed by atoms with Gasteiger partial charge in [0.1, 0.15) is 0 Å². The van der Waals surface area contributed by atoms with Crippen LogP contribution in [-0.2, 0) is 15.0 Å². The first kappa shape index (κ1) is 24.0. The summed E-state index contributed by atoms with van der Waals surface area (Å²) in [7, 11) is -9.31. The van der Waals surface area contributed by atoms with Gasteiger partial charge in [0.25, 0.3) is 0 Å². The lowest BCUT2D eigenvalue weighted by Gasteiger charge is -1.82. The zero-order chi connectivity index (χ0) is 12.6. The fraction of sp³-hybridized carbons (Fsp3) is 0. The van der Waals surface area contributed by atoms with Gasteiger partial charge in [-0.25, -0.2) is 4.57 Å². The predicted octanol–water partition coefficient (Wildman–Crippen LogP) is -1.40. The van der Waals surface area contributed by atoms with E-state index >= 15 is 0 Å². The monoisotopic (exact) mass is 294 g/mol. The summed E-state index contributed by atoms with van der Waals surface area (Å²) >= 11 is 0. The Morgan fingerprint density at radius 3 is 1.07 bits per heavy atom. The summed E-state index contributed by atoms with van der Waals surface area (Å²) in [6.07, 6.45) is 0. The Labute approximate surface area is 88.5 Å². The van der Waals surface area contributed by atoms with Crippen LogP contribution >= 0.6 is 20.2 Å². The van der Waals surface area contributed by atoms with Crippen LogP contribution in [0.1, 0.15) is 0 Å². The molecule has 0 aliphatic heterocycles. The van der Waals surface area contributed by atoms with Gasteiger partial charge in [-0.3, -0.25) is 9.11 Å². The second kappa shape index (κ2) is 10.0. The molecule has 0 spiro atoms. The van der Waals surface area contributed by atoms with Gasteiger partial charge in [-0.2, -0.15) is 8.42 Å². The maximum absolute atomic E-state index is 8.88. The van der Waals surface area contributed by atoms with Gasteiger partial charge >= 0.3 is 18.2 Å². The van der Waals surface area contributed by atoms with E-state index in [1.807, 2.05) is 0 Å². The van der Waals surface area contributed by atoms with Crippen LogP contribution in [-0.4, -0.2) is 37.3 Å². The molecule has 0 radical (unpaired) electrons. The zero-order valence-corrected chi connectivity index (χ0v) is 8.92. The molecule has 0 aromatic carbocycles. The average Bonchev–Trinajstić information content (AvgIpc) is 1.45. The molecular weight excluding hydrogens is 288 g/mol. The van der Waals surface area contributed by atoms with Crippen LogP contribution in [0.4, 0.5) is 0 Å². The topological polar surface area (TPSA) is 219 Å². The van der Waals surface area contributed by atoms with Crippen molar-refractivity contribution in [3.05, 3.63) is 15.3 Å². The molecule has 0 amide bonds. The molecule has 0 bridgehead atoms. The van der Waals surface area contributed by atoms with Crippen molar-refractivity contribution in [2.45, 2.75) is 0 Å². The number of hydrogen-bond acceptors (Lipinski definition) is 6. The molecule has 0 saturated carbocycles. The first-order valence-corrected chi connectivity index (χ1v) is 4.99. The van der Waals surface area contributed by atoms with Gasteiger partial charge in [-0.05, 0) is 0 Å². The third kappa shape index (κ3) is 6310. The first-order valence-electron chi connectivity index (χ1n) is 2.03. The molecule has 5 N–H and O–H groups in total. The summed E-state index contributed by atoms with van der Waals surface area (Å²) in [5.74, 6) is 0. The van der Waals surface area contributed by atoms with Crippen molar-refractivity contribution in [3.63, 3.8) is 0 Å². The molecule has 15 heavy (non-hydrogen) atoms. The predicted molar refractivity (Wildman–Crippen MR) is 46.0 cm³/mol. The second-order valence-corrected chi connectivity index (χ2v) is 3.11. The van der Waals surface area contributed by atoms with Gasteiger partial charge in [0.05, 0.1) is 5.09 Å². The number of halogens is 1. The Balaban J connectivity index is -0.0000000590. The van der Waals surface area contributed by atoms with Crippen LogP contribution in [0, 0.1) is 15.3 Å². The minimum absolute atomic E-state index is 0. The molecule has 0 heterocycles. The van der Waals surface area contributed by atoms with Crippen LogP contribution in [0.25, 0.3) is 0 Å². The highest BCUT2D eigenvalue weighted by Crippen LogP contribution is 2.25. The van der Waals surface area contributed by atoms with Gasteiger partial charge < -0.3 is 30.0 Å². The molecular formula is H6ClNO11PS-. The van der Waals surface area contributed by atoms with Crippen LogP contribution in [0.2, 0.25) is 0 Å². The van der Waals surface area contributed by atoms with E-state index < -0.39 is 23.3 Å². The summed E-state index contributed by atoms with van der Waals surface area (Å²) in [6.45, 7) is 0. The van der Waals surface area contributed by atoms with E-state index in [1.165, 1.54) is 0 Å². The average molecular weight is 295 g/mol. The Bertz CT molecular complexity index is 265. The van der Waals surface area contributed by atoms with E-state index in [0.717, 1.165) is 0 Å². The molecule has 12 nitrogen and oxygen atoms in total. The number of rotatable bonds is 0. The fourth-order valence-electron chi connectivity index (χ4n) is 0. The summed E-state index contributed by atoms with van der Waals surface area (Å²) in [4.78, 5) is 29.8. The summed E-state index contributed by atoms with van der Waals surface area (Å²) in [5.41, 5.74) is 0. The third-order valence-electron chi connectivity index (χ3n) is 0. The minimum atomic E-state index is -4.67. The lowest BCUT2D eigenvalue weighted by molar-refractivity contribution is -0.402. The lowest BCUT2D eigenvalue weighted by atomic mass is 13.1. The molecule has 0 saturated heterocycles. The van der Waals surface area contributed by atoms with Crippen molar-refractivity contribution in [2.75, 3.05) is 0 Å². The highest BCUT2D eigenvalue weighted by atomic mass is 35.5. The molecule has 0 fully saturated rings. The summed E-state index contributed by atoms with van der Waals surface area (Å²) in [5, 5.41) is 14.8. The molecule has 0 aliphatic rings. The molecule has 0 atom stereocenters. The standard InChI is InChI=1S/ClH.NO3.H3O4P.H2O4S/c;2-1(3)4;2*1-5(2,3)4/h1H;;(H3,1,2,3,4);(H2,1,2,3,4)/q;-1;;. The second-order valence-electron chi connectivity index (χ2n) is 1.18. The zero-order valence-electron chi connectivity index (χ0n) is 6.40.